The fourth-order valence-electron chi connectivity index (χ4n) is 3.99. The average molecular weight is 476 g/mol. The van der Waals surface area contributed by atoms with Gasteiger partial charge in [0.25, 0.3) is 0 Å². The zero-order chi connectivity index (χ0) is 24.9. The maximum Gasteiger partial charge on any atom is 0.416 e. The minimum Gasteiger partial charge on any atom is -0.322 e. The first-order chi connectivity index (χ1) is 16.8. The number of rotatable bonds is 6. The molecule has 4 nitrogen and oxygen atoms in total. The van der Waals surface area contributed by atoms with Gasteiger partial charge in [-0.1, -0.05) is 66.2 Å². The van der Waals surface area contributed by atoms with Gasteiger partial charge in [-0.2, -0.15) is 13.2 Å². The Morgan fingerprint density at radius 2 is 1.51 bits per heavy atom. The summed E-state index contributed by atoms with van der Waals surface area (Å²) in [6.07, 6.45) is -2.79. The van der Waals surface area contributed by atoms with Gasteiger partial charge in [0.1, 0.15) is 5.54 Å². The van der Waals surface area contributed by atoms with Crippen LogP contribution in [0, 0.1) is 6.92 Å². The molecule has 1 aromatic heterocycles. The van der Waals surface area contributed by atoms with Crippen LogP contribution in [0.15, 0.2) is 103 Å². The Balaban J connectivity index is 1.84. The predicted molar refractivity (Wildman–Crippen MR) is 130 cm³/mol. The van der Waals surface area contributed by atoms with Crippen LogP contribution in [0.3, 0.4) is 0 Å². The minimum absolute atomic E-state index is 0.188. The molecule has 0 fully saturated rings. The van der Waals surface area contributed by atoms with E-state index in [4.69, 9.17) is 0 Å². The lowest BCUT2D eigenvalue weighted by Gasteiger charge is -2.35. The van der Waals surface area contributed by atoms with E-state index in [1.165, 1.54) is 6.07 Å². The molecule has 0 spiro atoms. The molecule has 0 aliphatic heterocycles. The van der Waals surface area contributed by atoms with E-state index in [0.29, 0.717) is 11.4 Å². The fourth-order valence-corrected chi connectivity index (χ4v) is 3.99. The molecule has 35 heavy (non-hydrogen) atoms. The molecule has 0 radical (unpaired) electrons. The smallest absolute Gasteiger partial charge is 0.322 e. The van der Waals surface area contributed by atoms with Gasteiger partial charge in [0.15, 0.2) is 0 Å². The molecule has 7 heteroatoms. The van der Waals surface area contributed by atoms with Crippen LogP contribution in [0.5, 0.6) is 0 Å². The van der Waals surface area contributed by atoms with Crippen molar-refractivity contribution in [3.05, 3.63) is 131 Å². The summed E-state index contributed by atoms with van der Waals surface area (Å²) in [5, 5.41) is 5.77. The van der Waals surface area contributed by atoms with E-state index in [-0.39, 0.29) is 12.0 Å². The number of anilines is 1. The number of benzene rings is 3. The Hall–Kier alpha value is -4.13. The second kappa shape index (κ2) is 10.0. The van der Waals surface area contributed by atoms with Gasteiger partial charge in [0, 0.05) is 18.3 Å². The van der Waals surface area contributed by atoms with Crippen LogP contribution in [0.4, 0.5) is 23.7 Å². The first-order valence-electron chi connectivity index (χ1n) is 11.1. The number of nitrogens with zero attached hydrogens (tertiary/aromatic N) is 1. The topological polar surface area (TPSA) is 54.0 Å². The van der Waals surface area contributed by atoms with Crippen molar-refractivity contribution in [3.63, 3.8) is 0 Å². The molecule has 1 atom stereocenters. The van der Waals surface area contributed by atoms with Gasteiger partial charge in [0.05, 0.1) is 11.3 Å². The lowest BCUT2D eigenvalue weighted by atomic mass is 9.80. The van der Waals surface area contributed by atoms with Gasteiger partial charge in [-0.3, -0.25) is 4.98 Å². The number of nitrogens with one attached hydrogen (secondary N) is 2. The molecule has 0 aliphatic carbocycles. The Labute approximate surface area is 201 Å². The van der Waals surface area contributed by atoms with Crippen molar-refractivity contribution < 1.29 is 18.0 Å². The molecule has 4 rings (SSSR count). The number of pyridine rings is 1. The van der Waals surface area contributed by atoms with Crippen molar-refractivity contribution in [1.29, 1.82) is 0 Å². The molecule has 1 heterocycles. The zero-order valence-corrected chi connectivity index (χ0v) is 19.0. The number of halogens is 3. The highest BCUT2D eigenvalue weighted by molar-refractivity contribution is 5.90. The fraction of sp³-hybridized carbons (Fsp3) is 0.143. The molecule has 0 saturated heterocycles. The normalized spacial score (nSPS) is 13.0. The second-order valence-electron chi connectivity index (χ2n) is 8.31. The highest BCUT2D eigenvalue weighted by Gasteiger charge is 2.40. The monoisotopic (exact) mass is 475 g/mol. The summed E-state index contributed by atoms with van der Waals surface area (Å²) in [5.74, 6) is 0. The first kappa shape index (κ1) is 24.0. The van der Waals surface area contributed by atoms with Gasteiger partial charge in [0.2, 0.25) is 0 Å². The Morgan fingerprint density at radius 3 is 2.17 bits per heavy atom. The van der Waals surface area contributed by atoms with Crippen LogP contribution in [-0.4, -0.2) is 11.0 Å². The van der Waals surface area contributed by atoms with Gasteiger partial charge in [-0.15, -0.1) is 0 Å². The van der Waals surface area contributed by atoms with Crippen molar-refractivity contribution in [3.8, 4) is 0 Å². The van der Waals surface area contributed by atoms with E-state index in [9.17, 15) is 18.0 Å². The first-order valence-corrected chi connectivity index (χ1v) is 11.1. The summed E-state index contributed by atoms with van der Waals surface area (Å²) in [6.45, 7) is 1.93. The van der Waals surface area contributed by atoms with E-state index in [1.807, 2.05) is 49.4 Å². The lowest BCUT2D eigenvalue weighted by Crippen LogP contribution is -2.50. The van der Waals surface area contributed by atoms with E-state index >= 15 is 0 Å². The van der Waals surface area contributed by atoms with Crippen LogP contribution in [-0.2, 0) is 18.1 Å². The maximum atomic E-state index is 13.7. The third-order valence-electron chi connectivity index (χ3n) is 5.73. The standard InChI is InChI=1S/C28H24F3N3O/c1-20-13-15-24(16-14-20)33-26(35)34-27(25-12-5-6-17-32-25,19-21-8-3-2-4-9-21)22-10-7-11-23(18-22)28(29,30)31/h2-18H,19H2,1H3,(H2,33,34,35). The number of carbonyl (C=O) groups excluding carboxylic acids is 1. The number of carbonyl (C=O) groups is 1. The summed E-state index contributed by atoms with van der Waals surface area (Å²) >= 11 is 0. The molecule has 3 aromatic carbocycles. The quantitative estimate of drug-likeness (QED) is 0.325. The zero-order valence-electron chi connectivity index (χ0n) is 19.0. The van der Waals surface area contributed by atoms with E-state index < -0.39 is 23.3 Å². The molecule has 0 aliphatic rings. The van der Waals surface area contributed by atoms with E-state index in [0.717, 1.165) is 23.3 Å². The third kappa shape index (κ3) is 5.69. The van der Waals surface area contributed by atoms with Crippen molar-refractivity contribution in [2.45, 2.75) is 25.1 Å². The predicted octanol–water partition coefficient (Wildman–Crippen LogP) is 6.72. The van der Waals surface area contributed by atoms with E-state index in [2.05, 4.69) is 15.6 Å². The van der Waals surface area contributed by atoms with Crippen molar-refractivity contribution in [2.75, 3.05) is 5.32 Å². The highest BCUT2D eigenvalue weighted by atomic mass is 19.4. The van der Waals surface area contributed by atoms with E-state index in [1.54, 1.807) is 42.6 Å². The summed E-state index contributed by atoms with van der Waals surface area (Å²) in [5.41, 5.74) is 0.934. The maximum absolute atomic E-state index is 13.7. The van der Waals surface area contributed by atoms with Crippen LogP contribution in [0.1, 0.15) is 27.9 Å². The second-order valence-corrected chi connectivity index (χ2v) is 8.31. The number of hydrogen-bond donors (Lipinski definition) is 2. The number of urea groups is 1. The van der Waals surface area contributed by atoms with Gasteiger partial charge in [-0.05, 0) is 54.4 Å². The summed E-state index contributed by atoms with van der Waals surface area (Å²) < 4.78 is 41.0. The third-order valence-corrected chi connectivity index (χ3v) is 5.73. The highest BCUT2D eigenvalue weighted by Crippen LogP contribution is 2.36. The molecule has 1 unspecified atom stereocenters. The molecule has 0 bridgehead atoms. The number of hydrogen-bond acceptors (Lipinski definition) is 2. The Kier molecular flexibility index (Phi) is 6.87. The molecule has 0 saturated carbocycles. The Bertz CT molecular complexity index is 1280. The molecule has 4 aromatic rings. The van der Waals surface area contributed by atoms with Crippen LogP contribution in [0.2, 0.25) is 0 Å². The minimum atomic E-state index is -4.54. The number of aryl methyl sites for hydroxylation is 1. The molecular weight excluding hydrogens is 451 g/mol. The van der Waals surface area contributed by atoms with Crippen LogP contribution in [0.25, 0.3) is 0 Å². The summed E-state index contributed by atoms with van der Waals surface area (Å²) in [4.78, 5) is 17.7. The summed E-state index contributed by atoms with van der Waals surface area (Å²) in [6, 6.07) is 26.1. The van der Waals surface area contributed by atoms with Crippen molar-refractivity contribution in [1.82, 2.24) is 10.3 Å². The van der Waals surface area contributed by atoms with Gasteiger partial charge >= 0.3 is 12.2 Å². The average Bonchev–Trinajstić information content (AvgIpc) is 2.86. The largest absolute Gasteiger partial charge is 0.416 e. The molecular formula is C28H24F3N3O. The number of aromatic nitrogens is 1. The Morgan fingerprint density at radius 1 is 0.829 bits per heavy atom. The lowest BCUT2D eigenvalue weighted by molar-refractivity contribution is -0.137. The van der Waals surface area contributed by atoms with Gasteiger partial charge < -0.3 is 10.6 Å². The number of amides is 2. The summed E-state index contributed by atoms with van der Waals surface area (Å²) in [7, 11) is 0. The van der Waals surface area contributed by atoms with Crippen LogP contribution < -0.4 is 10.6 Å². The molecule has 178 valence electrons. The SMILES string of the molecule is Cc1ccc(NC(=O)NC(Cc2ccccc2)(c2cccc(C(F)(F)F)c2)c2ccccn2)cc1. The number of alkyl halides is 3. The molecule has 2 amide bonds. The van der Waals surface area contributed by atoms with Crippen molar-refractivity contribution in [2.24, 2.45) is 0 Å². The van der Waals surface area contributed by atoms with Crippen LogP contribution >= 0.6 is 0 Å². The molecule has 2 N–H and O–H groups in total. The van der Waals surface area contributed by atoms with Crippen molar-refractivity contribution >= 4 is 11.7 Å². The van der Waals surface area contributed by atoms with Gasteiger partial charge in [-0.25, -0.2) is 4.79 Å².